The van der Waals surface area contributed by atoms with Crippen molar-refractivity contribution in [1.29, 1.82) is 0 Å². The lowest BCUT2D eigenvalue weighted by Gasteiger charge is -2.09. The lowest BCUT2D eigenvalue weighted by atomic mass is 10.1. The van der Waals surface area contributed by atoms with Crippen LogP contribution in [0.1, 0.15) is 28.7 Å². The summed E-state index contributed by atoms with van der Waals surface area (Å²) in [5, 5.41) is 2.99. The van der Waals surface area contributed by atoms with Gasteiger partial charge in [-0.15, -0.1) is 0 Å². The molecule has 2 aromatic carbocycles. The van der Waals surface area contributed by atoms with Gasteiger partial charge < -0.3 is 5.32 Å². The molecule has 2 rings (SSSR count). The number of nitrogens with one attached hydrogen (secondary N) is 1. The Bertz CT molecular complexity index is 637. The number of benzene rings is 2. The summed E-state index contributed by atoms with van der Waals surface area (Å²) in [6, 6.07) is 14.3. The summed E-state index contributed by atoms with van der Waals surface area (Å²) in [5.74, 6) is 0.0886. The standard InChI is InChI=1S/C18H20BrNO/c1-13-7-8-16(14(2)11-13)12-20-18(21)10-9-15-5-3-4-6-17(15)19/h3-8,11H,9-10,12H2,1-2H3,(H,20,21). The molecule has 0 bridgehead atoms. The van der Waals surface area contributed by atoms with Crippen LogP contribution in [0.2, 0.25) is 0 Å². The van der Waals surface area contributed by atoms with Crippen LogP contribution in [0.25, 0.3) is 0 Å². The summed E-state index contributed by atoms with van der Waals surface area (Å²) in [4.78, 5) is 12.0. The molecular formula is C18H20BrNO. The van der Waals surface area contributed by atoms with E-state index in [0.29, 0.717) is 13.0 Å². The van der Waals surface area contributed by atoms with Crippen molar-refractivity contribution in [2.45, 2.75) is 33.2 Å². The first kappa shape index (κ1) is 15.8. The van der Waals surface area contributed by atoms with E-state index in [2.05, 4.69) is 53.3 Å². The molecule has 0 aliphatic rings. The van der Waals surface area contributed by atoms with Gasteiger partial charge in [0.05, 0.1) is 0 Å². The van der Waals surface area contributed by atoms with Gasteiger partial charge in [0.2, 0.25) is 5.91 Å². The Morgan fingerprint density at radius 1 is 1.10 bits per heavy atom. The Kier molecular flexibility index (Phi) is 5.57. The van der Waals surface area contributed by atoms with Crippen molar-refractivity contribution in [2.75, 3.05) is 0 Å². The van der Waals surface area contributed by atoms with Crippen molar-refractivity contribution < 1.29 is 4.79 Å². The Morgan fingerprint density at radius 2 is 1.86 bits per heavy atom. The van der Waals surface area contributed by atoms with Crippen LogP contribution in [0.15, 0.2) is 46.9 Å². The average Bonchev–Trinajstić information content (AvgIpc) is 2.45. The summed E-state index contributed by atoms with van der Waals surface area (Å²) in [5.41, 5.74) is 4.81. The van der Waals surface area contributed by atoms with Gasteiger partial charge in [0, 0.05) is 17.4 Å². The van der Waals surface area contributed by atoms with Crippen molar-refractivity contribution in [3.63, 3.8) is 0 Å². The second kappa shape index (κ2) is 7.41. The Morgan fingerprint density at radius 3 is 2.57 bits per heavy atom. The van der Waals surface area contributed by atoms with Crippen molar-refractivity contribution in [2.24, 2.45) is 0 Å². The molecule has 0 aliphatic carbocycles. The number of hydrogen-bond acceptors (Lipinski definition) is 1. The molecule has 1 amide bonds. The van der Waals surface area contributed by atoms with Gasteiger partial charge >= 0.3 is 0 Å². The highest BCUT2D eigenvalue weighted by Crippen LogP contribution is 2.17. The second-order valence-electron chi connectivity index (χ2n) is 5.30. The maximum Gasteiger partial charge on any atom is 0.220 e. The summed E-state index contributed by atoms with van der Waals surface area (Å²) >= 11 is 3.51. The van der Waals surface area contributed by atoms with Gasteiger partial charge in [-0.05, 0) is 43.0 Å². The van der Waals surface area contributed by atoms with Crippen LogP contribution in [0, 0.1) is 13.8 Å². The first-order valence-corrected chi connectivity index (χ1v) is 7.92. The van der Waals surface area contributed by atoms with Crippen LogP contribution in [0.3, 0.4) is 0 Å². The maximum absolute atomic E-state index is 12.0. The molecule has 0 unspecified atom stereocenters. The first-order valence-electron chi connectivity index (χ1n) is 7.12. The fourth-order valence-electron chi connectivity index (χ4n) is 2.28. The molecular weight excluding hydrogens is 326 g/mol. The van der Waals surface area contributed by atoms with E-state index in [1.165, 1.54) is 22.3 Å². The van der Waals surface area contributed by atoms with Gasteiger partial charge in [0.15, 0.2) is 0 Å². The topological polar surface area (TPSA) is 29.1 Å². The molecule has 2 nitrogen and oxygen atoms in total. The van der Waals surface area contributed by atoms with Crippen LogP contribution in [0.4, 0.5) is 0 Å². The van der Waals surface area contributed by atoms with Crippen LogP contribution < -0.4 is 5.32 Å². The molecule has 0 atom stereocenters. The van der Waals surface area contributed by atoms with E-state index in [-0.39, 0.29) is 5.91 Å². The Hall–Kier alpha value is -1.61. The van der Waals surface area contributed by atoms with Gasteiger partial charge in [0.25, 0.3) is 0 Å². The molecule has 0 saturated heterocycles. The van der Waals surface area contributed by atoms with Crippen molar-refractivity contribution in [3.05, 3.63) is 69.2 Å². The number of amides is 1. The summed E-state index contributed by atoms with van der Waals surface area (Å²) < 4.78 is 1.06. The fourth-order valence-corrected chi connectivity index (χ4v) is 2.76. The predicted molar refractivity (Wildman–Crippen MR) is 90.2 cm³/mol. The lowest BCUT2D eigenvalue weighted by Crippen LogP contribution is -2.23. The molecule has 3 heteroatoms. The van der Waals surface area contributed by atoms with Crippen molar-refractivity contribution >= 4 is 21.8 Å². The zero-order chi connectivity index (χ0) is 15.2. The quantitative estimate of drug-likeness (QED) is 0.859. The van der Waals surface area contributed by atoms with Crippen LogP contribution in [0.5, 0.6) is 0 Å². The maximum atomic E-state index is 12.0. The Balaban J connectivity index is 1.84. The van der Waals surface area contributed by atoms with Gasteiger partial charge in [-0.25, -0.2) is 0 Å². The SMILES string of the molecule is Cc1ccc(CNC(=O)CCc2ccccc2Br)c(C)c1. The second-order valence-corrected chi connectivity index (χ2v) is 6.15. The minimum absolute atomic E-state index is 0.0886. The molecule has 0 spiro atoms. The summed E-state index contributed by atoms with van der Waals surface area (Å²) in [7, 11) is 0. The van der Waals surface area contributed by atoms with Gasteiger partial charge in [-0.3, -0.25) is 4.79 Å². The Labute approximate surface area is 134 Å². The van der Waals surface area contributed by atoms with Crippen LogP contribution in [-0.2, 0) is 17.8 Å². The summed E-state index contributed by atoms with van der Waals surface area (Å²) in [6.07, 6.45) is 1.26. The van der Waals surface area contributed by atoms with E-state index in [1.807, 2.05) is 24.3 Å². The molecule has 0 saturated carbocycles. The molecule has 0 aromatic heterocycles. The predicted octanol–water partition coefficient (Wildman–Crippen LogP) is 4.31. The number of carbonyl (C=O) groups excluding carboxylic acids is 1. The van der Waals surface area contributed by atoms with Crippen molar-refractivity contribution in [1.82, 2.24) is 5.32 Å². The zero-order valence-electron chi connectivity index (χ0n) is 12.4. The van der Waals surface area contributed by atoms with Gasteiger partial charge in [-0.1, -0.05) is 57.9 Å². The molecule has 0 aliphatic heterocycles. The third-order valence-electron chi connectivity index (χ3n) is 3.55. The molecule has 0 heterocycles. The highest BCUT2D eigenvalue weighted by molar-refractivity contribution is 9.10. The van der Waals surface area contributed by atoms with Gasteiger partial charge in [0.1, 0.15) is 0 Å². The number of halogens is 1. The van der Waals surface area contributed by atoms with Crippen LogP contribution in [-0.4, -0.2) is 5.91 Å². The minimum Gasteiger partial charge on any atom is -0.352 e. The third kappa shape index (κ3) is 4.71. The van der Waals surface area contributed by atoms with E-state index < -0.39 is 0 Å². The smallest absolute Gasteiger partial charge is 0.220 e. The molecule has 1 N–H and O–H groups in total. The van der Waals surface area contributed by atoms with E-state index in [9.17, 15) is 4.79 Å². The number of aryl methyl sites for hydroxylation is 3. The number of carbonyl (C=O) groups is 1. The molecule has 0 radical (unpaired) electrons. The van der Waals surface area contributed by atoms with E-state index in [0.717, 1.165) is 10.9 Å². The largest absolute Gasteiger partial charge is 0.352 e. The molecule has 2 aromatic rings. The number of rotatable bonds is 5. The minimum atomic E-state index is 0.0886. The normalized spacial score (nSPS) is 10.4. The van der Waals surface area contributed by atoms with Crippen molar-refractivity contribution in [3.8, 4) is 0 Å². The molecule has 21 heavy (non-hydrogen) atoms. The third-order valence-corrected chi connectivity index (χ3v) is 4.33. The highest BCUT2D eigenvalue weighted by atomic mass is 79.9. The summed E-state index contributed by atoms with van der Waals surface area (Å²) in [6.45, 7) is 4.75. The highest BCUT2D eigenvalue weighted by Gasteiger charge is 2.05. The lowest BCUT2D eigenvalue weighted by molar-refractivity contribution is -0.121. The van der Waals surface area contributed by atoms with E-state index >= 15 is 0 Å². The zero-order valence-corrected chi connectivity index (χ0v) is 14.0. The molecule has 110 valence electrons. The monoisotopic (exact) mass is 345 g/mol. The molecule has 0 fully saturated rings. The number of hydrogen-bond donors (Lipinski definition) is 1. The van der Waals surface area contributed by atoms with E-state index in [1.54, 1.807) is 0 Å². The van der Waals surface area contributed by atoms with Gasteiger partial charge in [-0.2, -0.15) is 0 Å². The fraction of sp³-hybridized carbons (Fsp3) is 0.278. The van der Waals surface area contributed by atoms with E-state index in [4.69, 9.17) is 0 Å². The first-order chi connectivity index (χ1) is 10.1. The van der Waals surface area contributed by atoms with Crippen LogP contribution >= 0.6 is 15.9 Å². The average molecular weight is 346 g/mol.